The maximum absolute atomic E-state index is 12.5. The third-order valence-electron chi connectivity index (χ3n) is 5.50. The summed E-state index contributed by atoms with van der Waals surface area (Å²) < 4.78 is 6.14. The standard InChI is InChI=1S/C22H27N3O2/c1-25(2)22(26)17-10-12-18-19(13-11-17)23-20(16-6-4-3-5-7-16)24-21(18)27-14-15-8-9-15/h3-7,15,17H,8-14H2,1-2H3. The van der Waals surface area contributed by atoms with Crippen molar-refractivity contribution in [2.75, 3.05) is 20.7 Å². The molecule has 2 aromatic rings. The second-order valence-electron chi connectivity index (χ2n) is 7.90. The van der Waals surface area contributed by atoms with Gasteiger partial charge in [-0.1, -0.05) is 30.3 Å². The molecule has 1 fully saturated rings. The zero-order valence-corrected chi connectivity index (χ0v) is 16.1. The fourth-order valence-electron chi connectivity index (χ4n) is 3.67. The van der Waals surface area contributed by atoms with E-state index in [9.17, 15) is 4.79 Å². The zero-order valence-electron chi connectivity index (χ0n) is 16.1. The molecule has 1 heterocycles. The van der Waals surface area contributed by atoms with Crippen LogP contribution in [0.1, 0.15) is 36.9 Å². The fraction of sp³-hybridized carbons (Fsp3) is 0.500. The molecule has 1 saturated carbocycles. The lowest BCUT2D eigenvalue weighted by atomic mass is 9.98. The van der Waals surface area contributed by atoms with Crippen LogP contribution in [0.4, 0.5) is 0 Å². The maximum atomic E-state index is 12.5. The zero-order chi connectivity index (χ0) is 18.8. The molecule has 5 heteroatoms. The van der Waals surface area contributed by atoms with E-state index >= 15 is 0 Å². The minimum atomic E-state index is 0.0469. The Labute approximate surface area is 160 Å². The highest BCUT2D eigenvalue weighted by Gasteiger charge is 2.28. The van der Waals surface area contributed by atoms with Crippen LogP contribution >= 0.6 is 0 Å². The van der Waals surface area contributed by atoms with Crippen LogP contribution in [0.25, 0.3) is 11.4 Å². The topological polar surface area (TPSA) is 55.3 Å². The maximum Gasteiger partial charge on any atom is 0.225 e. The Morgan fingerprint density at radius 1 is 1.07 bits per heavy atom. The Kier molecular flexibility index (Phi) is 5.10. The molecule has 1 unspecified atom stereocenters. The minimum absolute atomic E-state index is 0.0469. The fourth-order valence-corrected chi connectivity index (χ4v) is 3.67. The van der Waals surface area contributed by atoms with Gasteiger partial charge in [-0.2, -0.15) is 4.98 Å². The average molecular weight is 365 g/mol. The second-order valence-corrected chi connectivity index (χ2v) is 7.90. The molecule has 2 aliphatic rings. The van der Waals surface area contributed by atoms with Crippen LogP contribution in [0.5, 0.6) is 5.88 Å². The lowest BCUT2D eigenvalue weighted by Crippen LogP contribution is -2.29. The molecule has 5 nitrogen and oxygen atoms in total. The smallest absolute Gasteiger partial charge is 0.225 e. The summed E-state index contributed by atoms with van der Waals surface area (Å²) in [6.07, 6.45) is 5.75. The summed E-state index contributed by atoms with van der Waals surface area (Å²) in [5.74, 6) is 2.37. The highest BCUT2D eigenvalue weighted by Crippen LogP contribution is 2.34. The first-order chi connectivity index (χ1) is 13.1. The number of amides is 1. The Balaban J connectivity index is 1.65. The van der Waals surface area contributed by atoms with Crippen molar-refractivity contribution in [2.24, 2.45) is 11.8 Å². The lowest BCUT2D eigenvalue weighted by Gasteiger charge is -2.18. The van der Waals surface area contributed by atoms with Gasteiger partial charge in [-0.3, -0.25) is 4.79 Å². The molecule has 4 rings (SSSR count). The lowest BCUT2D eigenvalue weighted by molar-refractivity contribution is -0.133. The highest BCUT2D eigenvalue weighted by atomic mass is 16.5. The Morgan fingerprint density at radius 2 is 1.81 bits per heavy atom. The number of carbonyl (C=O) groups excluding carboxylic acids is 1. The van der Waals surface area contributed by atoms with Crippen LogP contribution in [0.15, 0.2) is 30.3 Å². The van der Waals surface area contributed by atoms with E-state index in [-0.39, 0.29) is 11.8 Å². The van der Waals surface area contributed by atoms with E-state index in [1.54, 1.807) is 4.90 Å². The van der Waals surface area contributed by atoms with E-state index < -0.39 is 0 Å². The first-order valence-corrected chi connectivity index (χ1v) is 9.91. The van der Waals surface area contributed by atoms with Gasteiger partial charge in [0.1, 0.15) is 0 Å². The number of nitrogens with zero attached hydrogens (tertiary/aromatic N) is 3. The number of benzene rings is 1. The largest absolute Gasteiger partial charge is 0.477 e. The highest BCUT2D eigenvalue weighted by molar-refractivity contribution is 5.78. The van der Waals surface area contributed by atoms with Crippen LogP contribution in [0, 0.1) is 11.8 Å². The molecule has 0 bridgehead atoms. The van der Waals surface area contributed by atoms with Crippen molar-refractivity contribution in [1.82, 2.24) is 14.9 Å². The normalized spacial score (nSPS) is 19.1. The van der Waals surface area contributed by atoms with Crippen LogP contribution in [-0.4, -0.2) is 41.5 Å². The summed E-state index contributed by atoms with van der Waals surface area (Å²) in [6, 6.07) is 10.1. The number of hydrogen-bond donors (Lipinski definition) is 0. The van der Waals surface area contributed by atoms with Gasteiger partial charge in [-0.05, 0) is 44.4 Å². The first kappa shape index (κ1) is 18.0. The Hall–Kier alpha value is -2.43. The van der Waals surface area contributed by atoms with Crippen LogP contribution in [-0.2, 0) is 17.6 Å². The third-order valence-corrected chi connectivity index (χ3v) is 5.50. The Morgan fingerprint density at radius 3 is 2.52 bits per heavy atom. The quantitative estimate of drug-likeness (QED) is 0.761. The van der Waals surface area contributed by atoms with Crippen molar-refractivity contribution >= 4 is 5.91 Å². The second kappa shape index (κ2) is 7.67. The summed E-state index contributed by atoms with van der Waals surface area (Å²) in [4.78, 5) is 23.8. The molecule has 1 amide bonds. The molecule has 1 aromatic carbocycles. The van der Waals surface area contributed by atoms with Crippen LogP contribution in [0.3, 0.4) is 0 Å². The van der Waals surface area contributed by atoms with E-state index in [1.807, 2.05) is 44.4 Å². The number of ether oxygens (including phenoxy) is 1. The van der Waals surface area contributed by atoms with Crippen molar-refractivity contribution in [3.8, 4) is 17.3 Å². The van der Waals surface area contributed by atoms with Gasteiger partial charge in [-0.15, -0.1) is 0 Å². The van der Waals surface area contributed by atoms with Gasteiger partial charge in [-0.25, -0.2) is 4.98 Å². The van der Waals surface area contributed by atoms with Crippen molar-refractivity contribution < 1.29 is 9.53 Å². The summed E-state index contributed by atoms with van der Waals surface area (Å²) in [6.45, 7) is 0.734. The van der Waals surface area contributed by atoms with Gasteiger partial charge in [0.2, 0.25) is 11.8 Å². The summed E-state index contributed by atoms with van der Waals surface area (Å²) in [5.41, 5.74) is 3.15. The molecule has 1 atom stereocenters. The van der Waals surface area contributed by atoms with E-state index in [0.717, 1.165) is 60.8 Å². The van der Waals surface area contributed by atoms with Gasteiger partial charge in [0, 0.05) is 31.1 Å². The molecular weight excluding hydrogens is 338 g/mol. The third kappa shape index (κ3) is 4.12. The number of aromatic nitrogens is 2. The van der Waals surface area contributed by atoms with Crippen LogP contribution in [0.2, 0.25) is 0 Å². The molecule has 0 saturated heterocycles. The molecule has 2 aliphatic carbocycles. The number of hydrogen-bond acceptors (Lipinski definition) is 4. The Bertz CT molecular complexity index is 816. The van der Waals surface area contributed by atoms with Crippen molar-refractivity contribution in [2.45, 2.75) is 38.5 Å². The minimum Gasteiger partial charge on any atom is -0.477 e. The number of carbonyl (C=O) groups is 1. The number of fused-ring (bicyclic) bond motifs is 1. The molecular formula is C22H27N3O2. The molecule has 0 N–H and O–H groups in total. The summed E-state index contributed by atoms with van der Waals surface area (Å²) in [7, 11) is 3.66. The SMILES string of the molecule is CN(C)C(=O)C1CCc2nc(-c3ccccc3)nc(OCC3CC3)c2CC1. The molecule has 27 heavy (non-hydrogen) atoms. The summed E-state index contributed by atoms with van der Waals surface area (Å²) >= 11 is 0. The molecule has 0 spiro atoms. The van der Waals surface area contributed by atoms with Crippen molar-refractivity contribution in [3.05, 3.63) is 41.6 Å². The van der Waals surface area contributed by atoms with Gasteiger partial charge >= 0.3 is 0 Å². The van der Waals surface area contributed by atoms with Crippen molar-refractivity contribution in [1.29, 1.82) is 0 Å². The van der Waals surface area contributed by atoms with E-state index in [4.69, 9.17) is 14.7 Å². The van der Waals surface area contributed by atoms with Gasteiger partial charge in [0.05, 0.1) is 12.3 Å². The monoisotopic (exact) mass is 365 g/mol. The predicted molar refractivity (Wildman–Crippen MR) is 105 cm³/mol. The van der Waals surface area contributed by atoms with Gasteiger partial charge in [0.15, 0.2) is 5.82 Å². The molecule has 142 valence electrons. The number of rotatable bonds is 5. The van der Waals surface area contributed by atoms with Crippen molar-refractivity contribution in [3.63, 3.8) is 0 Å². The van der Waals surface area contributed by atoms with Gasteiger partial charge in [0.25, 0.3) is 0 Å². The summed E-state index contributed by atoms with van der Waals surface area (Å²) in [5, 5.41) is 0. The van der Waals surface area contributed by atoms with Gasteiger partial charge < -0.3 is 9.64 Å². The van der Waals surface area contributed by atoms with E-state index in [0.29, 0.717) is 5.92 Å². The molecule has 0 aliphatic heterocycles. The number of aryl methyl sites for hydroxylation is 1. The predicted octanol–water partition coefficient (Wildman–Crippen LogP) is 3.52. The first-order valence-electron chi connectivity index (χ1n) is 9.91. The van der Waals surface area contributed by atoms with E-state index in [1.165, 1.54) is 12.8 Å². The van der Waals surface area contributed by atoms with Crippen LogP contribution < -0.4 is 4.74 Å². The molecule has 0 radical (unpaired) electrons. The average Bonchev–Trinajstić information content (AvgIpc) is 3.52. The molecule has 1 aromatic heterocycles. The van der Waals surface area contributed by atoms with E-state index in [2.05, 4.69) is 0 Å².